The van der Waals surface area contributed by atoms with Crippen molar-refractivity contribution >= 4 is 15.2 Å². The predicted octanol–water partition coefficient (Wildman–Crippen LogP) is 7.55. The molecule has 0 spiro atoms. The Labute approximate surface area is 229 Å². The molecular formula is C29H31NO7P2. The van der Waals surface area contributed by atoms with E-state index < -0.39 is 15.2 Å². The molecule has 0 N–H and O–H groups in total. The first-order valence-corrected chi connectivity index (χ1v) is 15.8. The molecule has 0 aliphatic heterocycles. The molecule has 0 aliphatic rings. The number of methoxy groups -OCH3 is 1. The maximum atomic E-state index is 14.2. The molecule has 0 aliphatic carbocycles. The summed E-state index contributed by atoms with van der Waals surface area (Å²) in [6, 6.07) is 35.1. The summed E-state index contributed by atoms with van der Waals surface area (Å²) < 4.78 is 57.5. The summed E-state index contributed by atoms with van der Waals surface area (Å²) in [5.41, 5.74) is 0. The average molecular weight is 568 g/mol. The quantitative estimate of drug-likeness (QED) is 0.136. The molecule has 10 heteroatoms. The molecule has 0 saturated carbocycles. The van der Waals surface area contributed by atoms with Crippen LogP contribution in [0.4, 0.5) is 0 Å². The van der Waals surface area contributed by atoms with Crippen molar-refractivity contribution in [2.75, 3.05) is 32.8 Å². The Morgan fingerprint density at radius 2 is 0.795 bits per heavy atom. The summed E-state index contributed by atoms with van der Waals surface area (Å²) >= 11 is 0. The molecule has 4 aromatic carbocycles. The van der Waals surface area contributed by atoms with Crippen LogP contribution in [0.3, 0.4) is 0 Å². The third-order valence-corrected chi connectivity index (χ3v) is 8.76. The Bertz CT molecular complexity index is 1170. The van der Waals surface area contributed by atoms with Gasteiger partial charge in [0.1, 0.15) is 35.6 Å². The smallest absolute Gasteiger partial charge is 0.415 e. The second-order valence-electron chi connectivity index (χ2n) is 8.51. The normalized spacial score (nSPS) is 11.6. The number of ether oxygens (including phenoxy) is 1. The number of hydrogen-bond donors (Lipinski definition) is 0. The van der Waals surface area contributed by atoms with Crippen molar-refractivity contribution in [2.45, 2.75) is 0 Å². The zero-order valence-corrected chi connectivity index (χ0v) is 23.4. The molecule has 0 heterocycles. The Kier molecular flexibility index (Phi) is 10.2. The number of hydrogen-bond acceptors (Lipinski definition) is 8. The molecule has 8 nitrogen and oxygen atoms in total. The molecule has 0 saturated heterocycles. The minimum absolute atomic E-state index is 0.208. The standard InChI is InChI=1S/C29H31NO7P2/c1-33-23-22-30(24-38(31,34-26-14-6-2-7-15-26)35-27-16-8-3-9-17-27)25-39(32,36-28-18-10-4-11-19-28)37-29-20-12-5-13-21-29/h2-21H,22-25H2,1H3. The Morgan fingerprint density at radius 1 is 0.513 bits per heavy atom. The zero-order valence-electron chi connectivity index (χ0n) is 21.6. The molecule has 0 atom stereocenters. The average Bonchev–Trinajstić information content (AvgIpc) is 2.93. The van der Waals surface area contributed by atoms with Crippen LogP contribution in [-0.4, -0.2) is 37.7 Å². The number of benzene rings is 4. The number of nitrogens with zero attached hydrogens (tertiary/aromatic N) is 1. The van der Waals surface area contributed by atoms with Crippen molar-refractivity contribution in [2.24, 2.45) is 0 Å². The zero-order chi connectivity index (χ0) is 27.4. The predicted molar refractivity (Wildman–Crippen MR) is 152 cm³/mol. The van der Waals surface area contributed by atoms with Gasteiger partial charge in [-0.05, 0) is 48.5 Å². The monoisotopic (exact) mass is 567 g/mol. The Hall–Kier alpha value is -3.54. The van der Waals surface area contributed by atoms with Gasteiger partial charge in [-0.25, -0.2) is 9.13 Å². The van der Waals surface area contributed by atoms with Crippen LogP contribution in [0.25, 0.3) is 0 Å². The lowest BCUT2D eigenvalue weighted by Gasteiger charge is -2.30. The van der Waals surface area contributed by atoms with Crippen LogP contribution in [0, 0.1) is 0 Å². The molecule has 0 amide bonds. The van der Waals surface area contributed by atoms with Gasteiger partial charge >= 0.3 is 15.2 Å². The maximum Gasteiger partial charge on any atom is 0.444 e. The first kappa shape index (κ1) is 28.5. The fraction of sp³-hybridized carbons (Fsp3) is 0.172. The van der Waals surface area contributed by atoms with Crippen LogP contribution in [0.1, 0.15) is 0 Å². The fourth-order valence-electron chi connectivity index (χ4n) is 3.62. The largest absolute Gasteiger partial charge is 0.444 e. The van der Waals surface area contributed by atoms with Crippen molar-refractivity contribution in [3.8, 4) is 23.0 Å². The van der Waals surface area contributed by atoms with Gasteiger partial charge in [-0.15, -0.1) is 0 Å². The van der Waals surface area contributed by atoms with Gasteiger partial charge in [0.2, 0.25) is 0 Å². The molecule has 39 heavy (non-hydrogen) atoms. The number of para-hydroxylation sites is 4. The molecule has 0 fully saturated rings. The van der Waals surface area contributed by atoms with E-state index in [1.807, 2.05) is 24.3 Å². The van der Waals surface area contributed by atoms with Crippen molar-refractivity contribution in [3.05, 3.63) is 121 Å². The van der Waals surface area contributed by atoms with Crippen LogP contribution >= 0.6 is 15.2 Å². The molecule has 0 radical (unpaired) electrons. The van der Waals surface area contributed by atoms with Gasteiger partial charge < -0.3 is 22.8 Å². The maximum absolute atomic E-state index is 14.2. The van der Waals surface area contributed by atoms with E-state index in [9.17, 15) is 9.13 Å². The summed E-state index contributed by atoms with van der Waals surface area (Å²) in [5.74, 6) is 1.53. The van der Waals surface area contributed by atoms with Crippen molar-refractivity contribution < 1.29 is 32.0 Å². The van der Waals surface area contributed by atoms with E-state index in [4.69, 9.17) is 22.8 Å². The first-order valence-electron chi connectivity index (χ1n) is 12.3. The minimum Gasteiger partial charge on any atom is -0.415 e. The van der Waals surface area contributed by atoms with Crippen molar-refractivity contribution in [1.82, 2.24) is 4.90 Å². The fourth-order valence-corrected chi connectivity index (χ4v) is 7.31. The van der Waals surface area contributed by atoms with E-state index in [2.05, 4.69) is 0 Å². The number of rotatable bonds is 15. The first-order chi connectivity index (χ1) is 19.0. The minimum atomic E-state index is -3.87. The Balaban J connectivity index is 1.63. The topological polar surface area (TPSA) is 83.5 Å². The second-order valence-corrected chi connectivity index (χ2v) is 12.2. The highest BCUT2D eigenvalue weighted by Crippen LogP contribution is 2.53. The van der Waals surface area contributed by atoms with Crippen molar-refractivity contribution in [3.63, 3.8) is 0 Å². The third kappa shape index (κ3) is 9.31. The molecule has 0 aromatic heterocycles. The van der Waals surface area contributed by atoms with Gasteiger partial charge in [0.05, 0.1) is 6.61 Å². The second kappa shape index (κ2) is 14.0. The summed E-state index contributed by atoms with van der Waals surface area (Å²) in [5, 5.41) is 0. The van der Waals surface area contributed by atoms with Crippen LogP contribution in [0.5, 0.6) is 23.0 Å². The highest BCUT2D eigenvalue weighted by atomic mass is 31.2. The van der Waals surface area contributed by atoms with Gasteiger partial charge in [-0.2, -0.15) is 0 Å². The summed E-state index contributed by atoms with van der Waals surface area (Å²) in [6.07, 6.45) is -0.416. The van der Waals surface area contributed by atoms with E-state index >= 15 is 0 Å². The Morgan fingerprint density at radius 3 is 1.05 bits per heavy atom. The summed E-state index contributed by atoms with van der Waals surface area (Å²) in [6.45, 7) is 0.532. The van der Waals surface area contributed by atoms with Gasteiger partial charge in [-0.1, -0.05) is 72.8 Å². The molecule has 0 bridgehead atoms. The van der Waals surface area contributed by atoms with Crippen LogP contribution in [-0.2, 0) is 13.9 Å². The lowest BCUT2D eigenvalue weighted by molar-refractivity contribution is 0.159. The van der Waals surface area contributed by atoms with Gasteiger partial charge in [0, 0.05) is 13.7 Å². The highest BCUT2D eigenvalue weighted by molar-refractivity contribution is 7.55. The van der Waals surface area contributed by atoms with Crippen molar-refractivity contribution in [1.29, 1.82) is 0 Å². The summed E-state index contributed by atoms with van der Waals surface area (Å²) in [7, 11) is -6.19. The van der Waals surface area contributed by atoms with Gasteiger partial charge in [0.15, 0.2) is 0 Å². The molecule has 204 valence electrons. The molecule has 4 rings (SSSR count). The lowest BCUT2D eigenvalue weighted by atomic mass is 10.3. The van der Waals surface area contributed by atoms with E-state index in [-0.39, 0.29) is 25.7 Å². The third-order valence-electron chi connectivity index (χ3n) is 5.31. The molecular weight excluding hydrogens is 536 g/mol. The van der Waals surface area contributed by atoms with Crippen LogP contribution in [0.15, 0.2) is 121 Å². The summed E-state index contributed by atoms with van der Waals surface area (Å²) in [4.78, 5) is 1.66. The van der Waals surface area contributed by atoms with E-state index in [1.165, 1.54) is 0 Å². The van der Waals surface area contributed by atoms with Crippen LogP contribution < -0.4 is 18.1 Å². The van der Waals surface area contributed by atoms with Gasteiger partial charge in [0.25, 0.3) is 0 Å². The van der Waals surface area contributed by atoms with Crippen LogP contribution in [0.2, 0.25) is 0 Å². The van der Waals surface area contributed by atoms with E-state index in [0.29, 0.717) is 23.0 Å². The lowest BCUT2D eigenvalue weighted by Crippen LogP contribution is -2.33. The van der Waals surface area contributed by atoms with Gasteiger partial charge in [-0.3, -0.25) is 4.90 Å². The SMILES string of the molecule is COCCN(CP(=O)(Oc1ccccc1)Oc1ccccc1)CP(=O)(Oc1ccccc1)Oc1ccccc1. The van der Waals surface area contributed by atoms with E-state index in [0.717, 1.165) is 0 Å². The van der Waals surface area contributed by atoms with E-state index in [1.54, 1.807) is 109 Å². The molecule has 0 unspecified atom stereocenters. The highest BCUT2D eigenvalue weighted by Gasteiger charge is 2.38. The molecule has 4 aromatic rings.